The van der Waals surface area contributed by atoms with Gasteiger partial charge in [-0.15, -0.1) is 0 Å². The van der Waals surface area contributed by atoms with Crippen LogP contribution in [0.15, 0.2) is 0 Å². The predicted molar refractivity (Wildman–Crippen MR) is 71.0 cm³/mol. The molecular formula is C15H28O3. The maximum Gasteiger partial charge on any atom is 0.0727 e. The molecule has 0 aromatic rings. The van der Waals surface area contributed by atoms with Crippen molar-refractivity contribution in [3.63, 3.8) is 0 Å². The zero-order valence-corrected chi connectivity index (χ0v) is 12.1. The molecule has 0 amide bonds. The Hall–Kier alpha value is -0.120. The molecule has 0 aromatic heterocycles. The third-order valence-corrected chi connectivity index (χ3v) is 6.12. The van der Waals surface area contributed by atoms with Crippen LogP contribution in [0.4, 0.5) is 0 Å². The second-order valence-electron chi connectivity index (χ2n) is 7.27. The van der Waals surface area contributed by atoms with Crippen molar-refractivity contribution in [2.24, 2.45) is 23.2 Å². The maximum atomic E-state index is 10.7. The number of aliphatic hydroxyl groups is 3. The van der Waals surface area contributed by atoms with Gasteiger partial charge in [-0.1, -0.05) is 20.8 Å². The fourth-order valence-electron chi connectivity index (χ4n) is 4.07. The zero-order chi connectivity index (χ0) is 13.7. The number of rotatable bonds is 2. The second kappa shape index (κ2) is 4.46. The summed E-state index contributed by atoms with van der Waals surface area (Å²) < 4.78 is 0. The highest BCUT2D eigenvalue weighted by molar-refractivity contribution is 5.06. The van der Waals surface area contributed by atoms with E-state index in [0.717, 1.165) is 19.3 Å². The lowest BCUT2D eigenvalue weighted by atomic mass is 9.61. The minimum absolute atomic E-state index is 0.00993. The maximum absolute atomic E-state index is 10.7. The van der Waals surface area contributed by atoms with Gasteiger partial charge in [0.15, 0.2) is 0 Å². The van der Waals surface area contributed by atoms with Gasteiger partial charge in [-0.3, -0.25) is 0 Å². The Bertz CT molecular complexity index is 313. The summed E-state index contributed by atoms with van der Waals surface area (Å²) in [4.78, 5) is 0. The van der Waals surface area contributed by atoms with Crippen LogP contribution in [0.2, 0.25) is 0 Å². The van der Waals surface area contributed by atoms with Gasteiger partial charge in [0.05, 0.1) is 17.8 Å². The van der Waals surface area contributed by atoms with E-state index in [1.54, 1.807) is 0 Å². The van der Waals surface area contributed by atoms with Crippen LogP contribution in [0, 0.1) is 23.2 Å². The second-order valence-corrected chi connectivity index (χ2v) is 7.27. The summed E-state index contributed by atoms with van der Waals surface area (Å²) in [5, 5.41) is 30.8. The van der Waals surface area contributed by atoms with E-state index < -0.39 is 5.60 Å². The molecular weight excluding hydrogens is 228 g/mol. The lowest BCUT2D eigenvalue weighted by Gasteiger charge is -2.47. The van der Waals surface area contributed by atoms with Gasteiger partial charge in [0.2, 0.25) is 0 Å². The molecule has 3 heteroatoms. The molecule has 0 aliphatic heterocycles. The molecule has 2 aliphatic carbocycles. The molecule has 0 saturated heterocycles. The third-order valence-electron chi connectivity index (χ3n) is 6.12. The fraction of sp³-hybridized carbons (Fsp3) is 1.00. The highest BCUT2D eigenvalue weighted by Crippen LogP contribution is 2.54. The fourth-order valence-corrected chi connectivity index (χ4v) is 4.07. The van der Waals surface area contributed by atoms with Gasteiger partial charge >= 0.3 is 0 Å². The van der Waals surface area contributed by atoms with E-state index >= 15 is 0 Å². The van der Waals surface area contributed by atoms with Gasteiger partial charge in [0.25, 0.3) is 0 Å². The predicted octanol–water partition coefficient (Wildman–Crippen LogP) is 1.94. The number of fused-ring (bicyclic) bond motifs is 1. The molecule has 6 atom stereocenters. The summed E-state index contributed by atoms with van der Waals surface area (Å²) in [7, 11) is 0. The Morgan fingerprint density at radius 2 is 1.89 bits per heavy atom. The Morgan fingerprint density at radius 1 is 1.28 bits per heavy atom. The first-order valence-electron chi connectivity index (χ1n) is 7.28. The normalized spacial score (nSPS) is 46.8. The van der Waals surface area contributed by atoms with Crippen LogP contribution in [0.5, 0.6) is 0 Å². The number of aliphatic hydroxyl groups excluding tert-OH is 2. The summed E-state index contributed by atoms with van der Waals surface area (Å²) in [5.74, 6) is 0.556. The number of hydrogen-bond donors (Lipinski definition) is 3. The smallest absolute Gasteiger partial charge is 0.0727 e. The molecule has 6 unspecified atom stereocenters. The van der Waals surface area contributed by atoms with Crippen LogP contribution in [0.3, 0.4) is 0 Å². The van der Waals surface area contributed by atoms with Crippen LogP contribution in [-0.4, -0.2) is 33.1 Å². The van der Waals surface area contributed by atoms with Crippen molar-refractivity contribution in [3.05, 3.63) is 0 Å². The van der Waals surface area contributed by atoms with Gasteiger partial charge < -0.3 is 15.3 Å². The molecule has 3 nitrogen and oxygen atoms in total. The minimum atomic E-state index is -0.676. The zero-order valence-electron chi connectivity index (χ0n) is 12.1. The Kier molecular flexibility index (Phi) is 3.54. The van der Waals surface area contributed by atoms with E-state index in [1.165, 1.54) is 0 Å². The largest absolute Gasteiger partial charge is 0.393 e. The van der Waals surface area contributed by atoms with Crippen molar-refractivity contribution in [1.82, 2.24) is 0 Å². The Balaban J connectivity index is 2.16. The molecule has 2 fully saturated rings. The van der Waals surface area contributed by atoms with Crippen LogP contribution < -0.4 is 0 Å². The van der Waals surface area contributed by atoms with Crippen molar-refractivity contribution in [3.8, 4) is 0 Å². The molecule has 18 heavy (non-hydrogen) atoms. The van der Waals surface area contributed by atoms with Crippen LogP contribution >= 0.6 is 0 Å². The summed E-state index contributed by atoms with van der Waals surface area (Å²) in [6, 6.07) is 0. The van der Waals surface area contributed by atoms with E-state index in [0.29, 0.717) is 12.3 Å². The van der Waals surface area contributed by atoms with E-state index in [2.05, 4.69) is 13.8 Å². The van der Waals surface area contributed by atoms with Crippen LogP contribution in [0.1, 0.15) is 53.4 Å². The molecule has 0 aromatic carbocycles. The molecule has 0 spiro atoms. The first kappa shape index (κ1) is 14.3. The molecule has 0 bridgehead atoms. The average molecular weight is 256 g/mol. The topological polar surface area (TPSA) is 60.7 Å². The van der Waals surface area contributed by atoms with Crippen LogP contribution in [-0.2, 0) is 0 Å². The summed E-state index contributed by atoms with van der Waals surface area (Å²) in [5.41, 5.74) is -0.822. The van der Waals surface area contributed by atoms with E-state index in [1.807, 2.05) is 13.8 Å². The average Bonchev–Trinajstić information content (AvgIpc) is 2.49. The monoisotopic (exact) mass is 256 g/mol. The molecule has 0 heterocycles. The standard InChI is InChI=1S/C15H28O3/c1-9-7-13(17)12-8-11(5-6-15(9,12)18)14(3,4)10(2)16/h9-13,16-18H,5-8H2,1-4H3. The van der Waals surface area contributed by atoms with Crippen molar-refractivity contribution >= 4 is 0 Å². The quantitative estimate of drug-likeness (QED) is 0.707. The van der Waals surface area contributed by atoms with Crippen molar-refractivity contribution in [1.29, 1.82) is 0 Å². The first-order valence-corrected chi connectivity index (χ1v) is 7.28. The number of hydrogen-bond acceptors (Lipinski definition) is 3. The molecule has 3 N–H and O–H groups in total. The Morgan fingerprint density at radius 3 is 2.44 bits per heavy atom. The van der Waals surface area contributed by atoms with Gasteiger partial charge in [0, 0.05) is 5.92 Å². The van der Waals surface area contributed by atoms with E-state index in [4.69, 9.17) is 0 Å². The van der Waals surface area contributed by atoms with E-state index in [9.17, 15) is 15.3 Å². The lowest BCUT2D eigenvalue weighted by Crippen LogP contribution is -2.49. The molecule has 2 rings (SSSR count). The van der Waals surface area contributed by atoms with E-state index in [-0.39, 0.29) is 29.5 Å². The highest BCUT2D eigenvalue weighted by atomic mass is 16.3. The molecule has 2 saturated carbocycles. The van der Waals surface area contributed by atoms with Gasteiger partial charge in [-0.05, 0) is 49.9 Å². The summed E-state index contributed by atoms with van der Waals surface area (Å²) in [6.07, 6.45) is 2.52. The van der Waals surface area contributed by atoms with Gasteiger partial charge in [-0.25, -0.2) is 0 Å². The third kappa shape index (κ3) is 2.00. The molecule has 106 valence electrons. The SMILES string of the molecule is CC(O)C(C)(C)C1CCC2(O)C(C)CC(O)C2C1. The minimum Gasteiger partial charge on any atom is -0.393 e. The Labute approximate surface area is 110 Å². The lowest BCUT2D eigenvalue weighted by molar-refractivity contribution is -0.112. The van der Waals surface area contributed by atoms with Crippen LogP contribution in [0.25, 0.3) is 0 Å². The first-order chi connectivity index (χ1) is 8.19. The van der Waals surface area contributed by atoms with Crippen molar-refractivity contribution in [2.75, 3.05) is 0 Å². The summed E-state index contributed by atoms with van der Waals surface area (Å²) in [6.45, 7) is 8.08. The highest BCUT2D eigenvalue weighted by Gasteiger charge is 2.56. The van der Waals surface area contributed by atoms with Crippen molar-refractivity contribution < 1.29 is 15.3 Å². The molecule has 2 aliphatic rings. The van der Waals surface area contributed by atoms with Crippen molar-refractivity contribution in [2.45, 2.75) is 71.2 Å². The van der Waals surface area contributed by atoms with Gasteiger partial charge in [-0.2, -0.15) is 0 Å². The molecule has 0 radical (unpaired) electrons. The van der Waals surface area contributed by atoms with Gasteiger partial charge in [0.1, 0.15) is 0 Å². The summed E-state index contributed by atoms with van der Waals surface area (Å²) >= 11 is 0.